The van der Waals surface area contributed by atoms with Crippen LogP contribution in [0.5, 0.6) is 0 Å². The van der Waals surface area contributed by atoms with E-state index in [1.165, 1.54) is 47.9 Å². The molecule has 0 fully saturated rings. The van der Waals surface area contributed by atoms with Gasteiger partial charge in [-0.3, -0.25) is 4.79 Å². The number of fused-ring (bicyclic) bond motifs is 1. The highest BCUT2D eigenvalue weighted by atomic mass is 16.1. The molecule has 0 aromatic heterocycles. The number of benzene rings is 2. The molecule has 0 spiro atoms. The lowest BCUT2D eigenvalue weighted by Gasteiger charge is -2.19. The fourth-order valence-corrected chi connectivity index (χ4v) is 3.74. The van der Waals surface area contributed by atoms with Gasteiger partial charge in [0.15, 0.2) is 0 Å². The molecule has 0 saturated carbocycles. The number of anilines is 1. The van der Waals surface area contributed by atoms with Crippen LogP contribution in [0.4, 0.5) is 5.69 Å². The molecule has 1 aliphatic carbocycles. The average molecular weight is 350 g/mol. The van der Waals surface area contributed by atoms with Gasteiger partial charge in [0.25, 0.3) is 5.91 Å². The molecule has 0 aliphatic heterocycles. The fourth-order valence-electron chi connectivity index (χ4n) is 3.74. The number of carbonyl (C=O) groups excluding carboxylic acids is 1. The Morgan fingerprint density at radius 2 is 1.58 bits per heavy atom. The van der Waals surface area contributed by atoms with Crippen LogP contribution in [0.25, 0.3) is 0 Å². The Balaban J connectivity index is 1.83. The number of nitrogens with one attached hydrogen (secondary N) is 1. The third-order valence-electron chi connectivity index (χ3n) is 5.46. The zero-order valence-electron chi connectivity index (χ0n) is 16.6. The van der Waals surface area contributed by atoms with Crippen molar-refractivity contribution >= 4 is 11.6 Å². The van der Waals surface area contributed by atoms with Gasteiger partial charge in [-0.15, -0.1) is 0 Å². The molecule has 2 aromatic carbocycles. The molecule has 0 heterocycles. The highest BCUT2D eigenvalue weighted by Crippen LogP contribution is 2.28. The van der Waals surface area contributed by atoms with Crippen LogP contribution >= 0.6 is 0 Å². The highest BCUT2D eigenvalue weighted by Gasteiger charge is 2.16. The first-order valence-corrected chi connectivity index (χ1v) is 9.95. The molecule has 0 radical (unpaired) electrons. The van der Waals surface area contributed by atoms with Crippen molar-refractivity contribution in [1.82, 2.24) is 0 Å². The molecular formula is C24H31NO. The predicted octanol–water partition coefficient (Wildman–Crippen LogP) is 6.07. The van der Waals surface area contributed by atoms with Crippen LogP contribution in [0, 0.1) is 0 Å². The van der Waals surface area contributed by atoms with Crippen molar-refractivity contribution < 1.29 is 4.79 Å². The topological polar surface area (TPSA) is 29.1 Å². The van der Waals surface area contributed by atoms with Crippen molar-refractivity contribution in [2.75, 3.05) is 5.32 Å². The lowest BCUT2D eigenvalue weighted by Crippen LogP contribution is -2.15. The summed E-state index contributed by atoms with van der Waals surface area (Å²) in [5, 5.41) is 3.17. The van der Waals surface area contributed by atoms with Gasteiger partial charge < -0.3 is 5.32 Å². The maximum atomic E-state index is 12.8. The Bertz CT molecular complexity index is 781. The first kappa shape index (κ1) is 18.7. The zero-order valence-corrected chi connectivity index (χ0v) is 16.6. The summed E-state index contributed by atoms with van der Waals surface area (Å²) in [4.78, 5) is 12.8. The second-order valence-corrected chi connectivity index (χ2v) is 8.47. The van der Waals surface area contributed by atoms with Gasteiger partial charge in [0.05, 0.1) is 0 Å². The lowest BCUT2D eigenvalue weighted by molar-refractivity contribution is 0.102. The van der Waals surface area contributed by atoms with E-state index < -0.39 is 0 Å². The standard InChI is InChI=1S/C24H31NO/c1-5-17-15-19-9-7-6-8-10-20(19)16-22(17)25-23(26)18-11-13-21(14-12-18)24(2,3)4/h11-16H,5-10H2,1-4H3,(H,25,26). The minimum atomic E-state index is -0.0197. The summed E-state index contributed by atoms with van der Waals surface area (Å²) in [5.41, 5.74) is 7.18. The van der Waals surface area contributed by atoms with Crippen molar-refractivity contribution in [2.45, 2.75) is 71.6 Å². The van der Waals surface area contributed by atoms with E-state index in [2.05, 4.69) is 57.3 Å². The van der Waals surface area contributed by atoms with Crippen LogP contribution in [0.1, 0.15) is 79.6 Å². The van der Waals surface area contributed by atoms with Crippen molar-refractivity contribution in [3.05, 3.63) is 64.2 Å². The molecule has 26 heavy (non-hydrogen) atoms. The Morgan fingerprint density at radius 1 is 0.962 bits per heavy atom. The van der Waals surface area contributed by atoms with E-state index in [-0.39, 0.29) is 11.3 Å². The summed E-state index contributed by atoms with van der Waals surface area (Å²) in [6, 6.07) is 12.5. The number of hydrogen-bond acceptors (Lipinski definition) is 1. The maximum Gasteiger partial charge on any atom is 0.255 e. The third kappa shape index (κ3) is 4.17. The molecule has 2 nitrogen and oxygen atoms in total. The first-order chi connectivity index (χ1) is 12.4. The molecular weight excluding hydrogens is 318 g/mol. The second-order valence-electron chi connectivity index (χ2n) is 8.47. The van der Waals surface area contributed by atoms with Crippen molar-refractivity contribution in [3.8, 4) is 0 Å². The number of carbonyl (C=O) groups is 1. The van der Waals surface area contributed by atoms with Crippen LogP contribution in [0.3, 0.4) is 0 Å². The van der Waals surface area contributed by atoms with Crippen molar-refractivity contribution in [3.63, 3.8) is 0 Å². The van der Waals surface area contributed by atoms with Gasteiger partial charge in [-0.1, -0.05) is 52.3 Å². The van der Waals surface area contributed by atoms with Crippen molar-refractivity contribution in [1.29, 1.82) is 0 Å². The maximum absolute atomic E-state index is 12.8. The molecule has 1 amide bonds. The predicted molar refractivity (Wildman–Crippen MR) is 110 cm³/mol. The van der Waals surface area contributed by atoms with E-state index in [1.54, 1.807) is 0 Å². The van der Waals surface area contributed by atoms with Crippen LogP contribution in [-0.4, -0.2) is 5.91 Å². The monoisotopic (exact) mass is 349 g/mol. The van der Waals surface area contributed by atoms with Crippen LogP contribution in [0.15, 0.2) is 36.4 Å². The van der Waals surface area contributed by atoms with Gasteiger partial charge in [-0.05, 0) is 78.0 Å². The summed E-state index contributed by atoms with van der Waals surface area (Å²) in [7, 11) is 0. The van der Waals surface area contributed by atoms with Gasteiger partial charge in [0.2, 0.25) is 0 Å². The smallest absolute Gasteiger partial charge is 0.255 e. The minimum Gasteiger partial charge on any atom is -0.322 e. The molecule has 0 bridgehead atoms. The zero-order chi connectivity index (χ0) is 18.7. The highest BCUT2D eigenvalue weighted by molar-refractivity contribution is 6.04. The number of aryl methyl sites for hydroxylation is 3. The third-order valence-corrected chi connectivity index (χ3v) is 5.46. The Hall–Kier alpha value is -2.09. The Morgan fingerprint density at radius 3 is 2.15 bits per heavy atom. The van der Waals surface area contributed by atoms with E-state index in [1.807, 2.05) is 12.1 Å². The SMILES string of the molecule is CCc1cc2c(cc1NC(=O)c1ccc(C(C)(C)C)cc1)CCCCC2. The summed E-state index contributed by atoms with van der Waals surface area (Å²) in [5.74, 6) is -0.0197. The summed E-state index contributed by atoms with van der Waals surface area (Å²) in [6.45, 7) is 8.72. The average Bonchev–Trinajstić information content (AvgIpc) is 2.85. The van der Waals surface area contributed by atoms with E-state index in [0.29, 0.717) is 0 Å². The minimum absolute atomic E-state index is 0.0197. The van der Waals surface area contributed by atoms with Gasteiger partial charge >= 0.3 is 0 Å². The van der Waals surface area contributed by atoms with Crippen LogP contribution < -0.4 is 5.32 Å². The van der Waals surface area contributed by atoms with E-state index >= 15 is 0 Å². The van der Waals surface area contributed by atoms with Gasteiger partial charge in [-0.2, -0.15) is 0 Å². The van der Waals surface area contributed by atoms with Gasteiger partial charge in [0.1, 0.15) is 0 Å². The Labute approximate surface area is 158 Å². The number of rotatable bonds is 3. The summed E-state index contributed by atoms with van der Waals surface area (Å²) >= 11 is 0. The number of amides is 1. The largest absolute Gasteiger partial charge is 0.322 e. The molecule has 0 atom stereocenters. The lowest BCUT2D eigenvalue weighted by atomic mass is 9.86. The molecule has 1 aliphatic rings. The van der Waals surface area contributed by atoms with E-state index in [9.17, 15) is 4.79 Å². The Kier molecular flexibility index (Phi) is 5.50. The summed E-state index contributed by atoms with van der Waals surface area (Å²) < 4.78 is 0. The van der Waals surface area contributed by atoms with Crippen LogP contribution in [-0.2, 0) is 24.7 Å². The number of hydrogen-bond donors (Lipinski definition) is 1. The van der Waals surface area contributed by atoms with Crippen LogP contribution in [0.2, 0.25) is 0 Å². The molecule has 138 valence electrons. The van der Waals surface area contributed by atoms with Crippen molar-refractivity contribution in [2.24, 2.45) is 0 Å². The van der Waals surface area contributed by atoms with Gasteiger partial charge in [0, 0.05) is 11.3 Å². The molecule has 0 saturated heterocycles. The summed E-state index contributed by atoms with van der Waals surface area (Å²) in [6.07, 6.45) is 7.07. The molecule has 2 aromatic rings. The molecule has 1 N–H and O–H groups in total. The molecule has 2 heteroatoms. The van der Waals surface area contributed by atoms with E-state index in [4.69, 9.17) is 0 Å². The molecule has 0 unspecified atom stereocenters. The van der Waals surface area contributed by atoms with Gasteiger partial charge in [-0.25, -0.2) is 0 Å². The normalized spacial score (nSPS) is 14.5. The fraction of sp³-hybridized carbons (Fsp3) is 0.458. The first-order valence-electron chi connectivity index (χ1n) is 9.95. The quantitative estimate of drug-likeness (QED) is 0.670. The molecule has 3 rings (SSSR count). The second kappa shape index (κ2) is 7.65. The van der Waals surface area contributed by atoms with E-state index in [0.717, 1.165) is 24.1 Å².